The smallest absolute Gasteiger partial charge is 0.266 e. The van der Waals surface area contributed by atoms with Gasteiger partial charge in [0.1, 0.15) is 6.54 Å². The topological polar surface area (TPSA) is 101 Å². The third-order valence-corrected chi connectivity index (χ3v) is 3.99. The number of amides is 3. The van der Waals surface area contributed by atoms with Crippen molar-refractivity contribution in [2.75, 3.05) is 13.1 Å². The van der Waals surface area contributed by atoms with Crippen molar-refractivity contribution in [3.05, 3.63) is 28.2 Å². The van der Waals surface area contributed by atoms with E-state index in [9.17, 15) is 19.2 Å². The Bertz CT molecular complexity index is 692. The molecule has 2 fully saturated rings. The van der Waals surface area contributed by atoms with Crippen molar-refractivity contribution in [3.8, 4) is 0 Å². The zero-order valence-electron chi connectivity index (χ0n) is 12.7. The van der Waals surface area contributed by atoms with Crippen molar-refractivity contribution in [2.24, 2.45) is 0 Å². The Morgan fingerprint density at radius 3 is 2.52 bits per heavy atom. The maximum atomic E-state index is 11.8. The summed E-state index contributed by atoms with van der Waals surface area (Å²) in [5.74, 6) is -0.607. The molecule has 1 saturated heterocycles. The van der Waals surface area contributed by atoms with Crippen LogP contribution in [0.3, 0.4) is 0 Å². The molecule has 1 aromatic heterocycles. The highest BCUT2D eigenvalue weighted by atomic mass is 16.2. The van der Waals surface area contributed by atoms with E-state index < -0.39 is 5.91 Å². The van der Waals surface area contributed by atoms with E-state index >= 15 is 0 Å². The predicted molar refractivity (Wildman–Crippen MR) is 79.4 cm³/mol. The highest BCUT2D eigenvalue weighted by Gasteiger charge is 2.30. The molecule has 3 rings (SSSR count). The van der Waals surface area contributed by atoms with Crippen molar-refractivity contribution in [3.63, 3.8) is 0 Å². The van der Waals surface area contributed by atoms with Crippen LogP contribution in [0.2, 0.25) is 0 Å². The van der Waals surface area contributed by atoms with Gasteiger partial charge in [0, 0.05) is 31.4 Å². The Kier molecular flexibility index (Phi) is 4.22. The molecule has 122 valence electrons. The molecule has 8 heteroatoms. The molecule has 1 N–H and O–H groups in total. The molecule has 2 aliphatic rings. The fourth-order valence-electron chi connectivity index (χ4n) is 2.52. The molecule has 3 amide bonds. The predicted octanol–water partition coefficient (Wildman–Crippen LogP) is -0.614. The third kappa shape index (κ3) is 3.64. The van der Waals surface area contributed by atoms with E-state index in [0.717, 1.165) is 23.4 Å². The normalized spacial score (nSPS) is 17.7. The molecule has 1 aliphatic carbocycles. The Morgan fingerprint density at radius 2 is 1.87 bits per heavy atom. The maximum Gasteiger partial charge on any atom is 0.266 e. The summed E-state index contributed by atoms with van der Waals surface area (Å²) in [6, 6.07) is 3.24. The lowest BCUT2D eigenvalue weighted by molar-refractivity contribution is -0.142. The van der Waals surface area contributed by atoms with E-state index in [2.05, 4.69) is 10.4 Å². The number of nitrogens with zero attached hydrogens (tertiary/aromatic N) is 3. The Hall–Kier alpha value is -2.51. The minimum Gasteiger partial charge on any atom is -0.353 e. The van der Waals surface area contributed by atoms with Gasteiger partial charge in [0.2, 0.25) is 17.7 Å². The average Bonchev–Trinajstić information content (AvgIpc) is 3.32. The van der Waals surface area contributed by atoms with E-state index in [4.69, 9.17) is 0 Å². The molecule has 1 saturated carbocycles. The van der Waals surface area contributed by atoms with Crippen LogP contribution in [0.5, 0.6) is 0 Å². The molecule has 0 radical (unpaired) electrons. The molecular weight excluding hydrogens is 300 g/mol. The van der Waals surface area contributed by atoms with Crippen molar-refractivity contribution in [2.45, 2.75) is 38.1 Å². The maximum absolute atomic E-state index is 11.8. The number of imide groups is 1. The summed E-state index contributed by atoms with van der Waals surface area (Å²) in [5.41, 5.74) is 0.692. The van der Waals surface area contributed by atoms with Gasteiger partial charge in [-0.15, -0.1) is 0 Å². The first kappa shape index (κ1) is 15.4. The zero-order valence-corrected chi connectivity index (χ0v) is 12.7. The van der Waals surface area contributed by atoms with E-state index in [-0.39, 0.29) is 49.8 Å². The fraction of sp³-hybridized carbons (Fsp3) is 0.533. The van der Waals surface area contributed by atoms with Crippen LogP contribution in [0, 0.1) is 0 Å². The number of carbonyl (C=O) groups is 3. The number of nitrogens with one attached hydrogen (secondary N) is 1. The molecule has 23 heavy (non-hydrogen) atoms. The molecular formula is C15H18N4O4. The lowest BCUT2D eigenvalue weighted by Gasteiger charge is -2.13. The minimum atomic E-state index is -0.417. The van der Waals surface area contributed by atoms with Gasteiger partial charge < -0.3 is 5.32 Å². The molecule has 8 nitrogen and oxygen atoms in total. The number of likely N-dealkylation sites (tertiary alicyclic amines) is 1. The molecule has 0 spiro atoms. The van der Waals surface area contributed by atoms with Crippen molar-refractivity contribution >= 4 is 17.7 Å². The van der Waals surface area contributed by atoms with Gasteiger partial charge in [-0.25, -0.2) is 4.68 Å². The van der Waals surface area contributed by atoms with Crippen LogP contribution in [-0.4, -0.2) is 45.5 Å². The SMILES string of the molecule is O=C(CN1C(=O)CCC1=O)NCCn1nc(C2CC2)ccc1=O. The van der Waals surface area contributed by atoms with Gasteiger partial charge in [0.15, 0.2) is 0 Å². The fourth-order valence-corrected chi connectivity index (χ4v) is 2.52. The Labute approximate surface area is 132 Å². The number of hydrogen-bond acceptors (Lipinski definition) is 5. The van der Waals surface area contributed by atoms with Crippen LogP contribution in [0.4, 0.5) is 0 Å². The Balaban J connectivity index is 1.50. The first-order chi connectivity index (χ1) is 11.0. The largest absolute Gasteiger partial charge is 0.353 e. The molecule has 0 unspecified atom stereocenters. The molecule has 0 atom stereocenters. The van der Waals surface area contributed by atoms with Crippen LogP contribution in [-0.2, 0) is 20.9 Å². The summed E-state index contributed by atoms with van der Waals surface area (Å²) >= 11 is 0. The van der Waals surface area contributed by atoms with E-state index in [1.54, 1.807) is 6.07 Å². The van der Waals surface area contributed by atoms with Crippen LogP contribution < -0.4 is 10.9 Å². The highest BCUT2D eigenvalue weighted by Crippen LogP contribution is 2.38. The van der Waals surface area contributed by atoms with Crippen molar-refractivity contribution in [1.82, 2.24) is 20.0 Å². The quantitative estimate of drug-likeness (QED) is 0.705. The van der Waals surface area contributed by atoms with E-state index in [0.29, 0.717) is 5.92 Å². The van der Waals surface area contributed by atoms with Gasteiger partial charge in [0.05, 0.1) is 12.2 Å². The van der Waals surface area contributed by atoms with E-state index in [1.807, 2.05) is 0 Å². The van der Waals surface area contributed by atoms with Gasteiger partial charge in [-0.05, 0) is 18.9 Å². The van der Waals surface area contributed by atoms with Gasteiger partial charge in [-0.3, -0.25) is 24.1 Å². The highest BCUT2D eigenvalue weighted by molar-refractivity contribution is 6.04. The first-order valence-electron chi connectivity index (χ1n) is 7.72. The van der Waals surface area contributed by atoms with Gasteiger partial charge in [0.25, 0.3) is 5.56 Å². The number of rotatable bonds is 6. The molecule has 0 aromatic carbocycles. The molecule has 1 aromatic rings. The standard InChI is InChI=1S/C15H18N4O4/c20-12(9-18-13(21)5-6-14(18)22)16-7-8-19-15(23)4-3-11(17-19)10-1-2-10/h3-4,10H,1-2,5-9H2,(H,16,20). The minimum absolute atomic E-state index is 0.166. The molecule has 2 heterocycles. The lowest BCUT2D eigenvalue weighted by atomic mass is 10.3. The summed E-state index contributed by atoms with van der Waals surface area (Å²) in [5, 5.41) is 6.90. The lowest BCUT2D eigenvalue weighted by Crippen LogP contribution is -2.41. The number of hydrogen-bond donors (Lipinski definition) is 1. The zero-order chi connectivity index (χ0) is 16.4. The summed E-state index contributed by atoms with van der Waals surface area (Å²) in [6.07, 6.45) is 2.53. The van der Waals surface area contributed by atoms with Gasteiger partial charge >= 0.3 is 0 Å². The monoisotopic (exact) mass is 318 g/mol. The van der Waals surface area contributed by atoms with Crippen LogP contribution >= 0.6 is 0 Å². The van der Waals surface area contributed by atoms with Gasteiger partial charge in [-0.1, -0.05) is 0 Å². The summed E-state index contributed by atoms with van der Waals surface area (Å²) < 4.78 is 1.33. The first-order valence-corrected chi connectivity index (χ1v) is 7.72. The van der Waals surface area contributed by atoms with Gasteiger partial charge in [-0.2, -0.15) is 5.10 Å². The summed E-state index contributed by atoms with van der Waals surface area (Å²) in [7, 11) is 0. The molecule has 1 aliphatic heterocycles. The summed E-state index contributed by atoms with van der Waals surface area (Å²) in [6.45, 7) is 0.214. The third-order valence-electron chi connectivity index (χ3n) is 3.99. The van der Waals surface area contributed by atoms with Crippen molar-refractivity contribution < 1.29 is 14.4 Å². The van der Waals surface area contributed by atoms with E-state index in [1.165, 1.54) is 10.7 Å². The van der Waals surface area contributed by atoms with Crippen LogP contribution in [0.25, 0.3) is 0 Å². The number of aromatic nitrogens is 2. The van der Waals surface area contributed by atoms with Crippen LogP contribution in [0.1, 0.15) is 37.3 Å². The van der Waals surface area contributed by atoms with Crippen LogP contribution in [0.15, 0.2) is 16.9 Å². The second-order valence-corrected chi connectivity index (χ2v) is 5.82. The molecule has 0 bridgehead atoms. The average molecular weight is 318 g/mol. The summed E-state index contributed by atoms with van der Waals surface area (Å²) in [4.78, 5) is 47.4. The Morgan fingerprint density at radius 1 is 1.17 bits per heavy atom. The van der Waals surface area contributed by atoms with Crippen molar-refractivity contribution in [1.29, 1.82) is 0 Å². The second kappa shape index (κ2) is 6.31. The number of carbonyl (C=O) groups excluding carboxylic acids is 3. The second-order valence-electron chi connectivity index (χ2n) is 5.82.